The Morgan fingerprint density at radius 3 is 2.32 bits per heavy atom. The van der Waals surface area contributed by atoms with Gasteiger partial charge in [0.05, 0.1) is 17.4 Å². The summed E-state index contributed by atoms with van der Waals surface area (Å²) in [5, 5.41) is 1.45. The first-order valence-electron chi connectivity index (χ1n) is 6.30. The smallest absolute Gasteiger partial charge is 0.266 e. The van der Waals surface area contributed by atoms with Crippen LogP contribution in [0.25, 0.3) is 16.8 Å². The maximum atomic E-state index is 12.4. The quantitative estimate of drug-likeness (QED) is 0.809. The molecule has 0 bridgehead atoms. The Morgan fingerprint density at radius 1 is 1.09 bits per heavy atom. The van der Waals surface area contributed by atoms with Gasteiger partial charge in [-0.2, -0.15) is 8.42 Å². The summed E-state index contributed by atoms with van der Waals surface area (Å²) in [6, 6.07) is 8.15. The second-order valence-corrected chi connectivity index (χ2v) is 6.38. The summed E-state index contributed by atoms with van der Waals surface area (Å²) in [6.45, 7) is 3.70. The first-order valence-corrected chi connectivity index (χ1v) is 8.11. The molecule has 2 aromatic carbocycles. The molecule has 3 rings (SSSR count). The summed E-state index contributed by atoms with van der Waals surface area (Å²) >= 11 is 0. The number of hydroxylamine groups is 2. The van der Waals surface area contributed by atoms with E-state index in [4.69, 9.17) is 0 Å². The average molecular weight is 317 g/mol. The van der Waals surface area contributed by atoms with Gasteiger partial charge in [-0.3, -0.25) is 9.59 Å². The number of nitrogens with zero attached hydrogens (tertiary/aromatic N) is 1. The molecule has 2 aromatic rings. The number of benzene rings is 2. The first-order chi connectivity index (χ1) is 10.3. The van der Waals surface area contributed by atoms with Gasteiger partial charge in [-0.1, -0.05) is 30.9 Å². The Balaban J connectivity index is 2.31. The molecule has 0 atom stereocenters. The summed E-state index contributed by atoms with van der Waals surface area (Å²) < 4.78 is 27.1. The minimum absolute atomic E-state index is 0.208. The monoisotopic (exact) mass is 317 g/mol. The summed E-state index contributed by atoms with van der Waals surface area (Å²) in [4.78, 5) is 24.8. The molecule has 0 fully saturated rings. The first kappa shape index (κ1) is 14.4. The molecule has 2 amide bonds. The Hall–Kier alpha value is -2.51. The van der Waals surface area contributed by atoms with Crippen LogP contribution in [0.2, 0.25) is 0 Å². The molecule has 0 spiro atoms. The van der Waals surface area contributed by atoms with E-state index < -0.39 is 21.9 Å². The van der Waals surface area contributed by atoms with Gasteiger partial charge in [-0.05, 0) is 23.1 Å². The van der Waals surface area contributed by atoms with Crippen molar-refractivity contribution in [2.75, 3.05) is 6.26 Å². The number of rotatable bonds is 3. The lowest BCUT2D eigenvalue weighted by atomic mass is 9.92. The number of hydrogen-bond donors (Lipinski definition) is 0. The molecule has 7 heteroatoms. The van der Waals surface area contributed by atoms with Gasteiger partial charge in [0.1, 0.15) is 0 Å². The minimum Gasteiger partial charge on any atom is -0.266 e. The van der Waals surface area contributed by atoms with Crippen LogP contribution in [-0.2, 0) is 14.4 Å². The Labute approximate surface area is 126 Å². The maximum Gasteiger partial charge on any atom is 0.286 e. The largest absolute Gasteiger partial charge is 0.286 e. The van der Waals surface area contributed by atoms with E-state index >= 15 is 0 Å². The predicted octanol–water partition coefficient (Wildman–Crippen LogP) is 1.97. The second kappa shape index (κ2) is 4.75. The van der Waals surface area contributed by atoms with Crippen molar-refractivity contribution in [3.63, 3.8) is 0 Å². The van der Waals surface area contributed by atoms with Crippen molar-refractivity contribution >= 4 is 38.8 Å². The van der Waals surface area contributed by atoms with Crippen molar-refractivity contribution in [3.8, 4) is 0 Å². The van der Waals surface area contributed by atoms with Crippen molar-refractivity contribution in [2.45, 2.75) is 0 Å². The van der Waals surface area contributed by atoms with Crippen LogP contribution in [0.3, 0.4) is 0 Å². The molecule has 0 unspecified atom stereocenters. The summed E-state index contributed by atoms with van der Waals surface area (Å²) in [6.07, 6.45) is 2.39. The fraction of sp³-hybridized carbons (Fsp3) is 0.0667. The Kier molecular flexibility index (Phi) is 3.12. The van der Waals surface area contributed by atoms with Crippen LogP contribution in [0, 0.1) is 0 Å². The van der Waals surface area contributed by atoms with Crippen LogP contribution in [0.15, 0.2) is 36.9 Å². The van der Waals surface area contributed by atoms with E-state index in [0.29, 0.717) is 10.8 Å². The SMILES string of the molecule is C=Cc1ccc2c3c(cccc13)C(=O)N(OS(C)(=O)=O)C2=O. The van der Waals surface area contributed by atoms with E-state index in [0.717, 1.165) is 11.8 Å². The molecule has 0 N–H and O–H groups in total. The van der Waals surface area contributed by atoms with Crippen molar-refractivity contribution in [1.29, 1.82) is 0 Å². The predicted molar refractivity (Wildman–Crippen MR) is 80.5 cm³/mol. The highest BCUT2D eigenvalue weighted by Crippen LogP contribution is 2.32. The van der Waals surface area contributed by atoms with Crippen molar-refractivity contribution in [3.05, 3.63) is 53.6 Å². The summed E-state index contributed by atoms with van der Waals surface area (Å²) in [7, 11) is -4.01. The van der Waals surface area contributed by atoms with Crippen molar-refractivity contribution in [2.24, 2.45) is 0 Å². The Bertz CT molecular complexity index is 924. The van der Waals surface area contributed by atoms with Crippen LogP contribution in [0.4, 0.5) is 0 Å². The molecule has 0 radical (unpaired) electrons. The molecule has 1 heterocycles. The molecule has 22 heavy (non-hydrogen) atoms. The standard InChI is InChI=1S/C15H11NO5S/c1-3-9-7-8-12-13-10(9)5-4-6-11(13)14(17)16(15(12)18)21-22(2,19)20/h3-8H,1H2,2H3. The van der Waals surface area contributed by atoms with Gasteiger partial charge in [0, 0.05) is 5.39 Å². The van der Waals surface area contributed by atoms with Gasteiger partial charge in [-0.25, -0.2) is 0 Å². The fourth-order valence-corrected chi connectivity index (χ4v) is 2.88. The van der Waals surface area contributed by atoms with E-state index in [-0.39, 0.29) is 16.2 Å². The lowest BCUT2D eigenvalue weighted by Crippen LogP contribution is -2.41. The Morgan fingerprint density at radius 2 is 1.73 bits per heavy atom. The van der Waals surface area contributed by atoms with E-state index in [2.05, 4.69) is 10.9 Å². The van der Waals surface area contributed by atoms with Crippen LogP contribution in [-0.4, -0.2) is 31.6 Å². The van der Waals surface area contributed by atoms with Crippen LogP contribution >= 0.6 is 0 Å². The molecule has 0 saturated carbocycles. The molecular weight excluding hydrogens is 306 g/mol. The van der Waals surface area contributed by atoms with Gasteiger partial charge in [0.2, 0.25) is 0 Å². The highest BCUT2D eigenvalue weighted by atomic mass is 32.2. The van der Waals surface area contributed by atoms with Crippen LogP contribution in [0.5, 0.6) is 0 Å². The third-order valence-corrected chi connectivity index (χ3v) is 3.75. The zero-order valence-electron chi connectivity index (χ0n) is 11.6. The number of hydrogen-bond acceptors (Lipinski definition) is 5. The van der Waals surface area contributed by atoms with Gasteiger partial charge in [-0.15, -0.1) is 9.35 Å². The molecule has 0 saturated heterocycles. The molecular formula is C15H11NO5S. The van der Waals surface area contributed by atoms with E-state index in [1.807, 2.05) is 0 Å². The molecule has 1 aliphatic heterocycles. The molecule has 1 aliphatic rings. The van der Waals surface area contributed by atoms with Crippen LogP contribution in [0.1, 0.15) is 26.3 Å². The zero-order valence-corrected chi connectivity index (χ0v) is 12.4. The summed E-state index contributed by atoms with van der Waals surface area (Å²) in [5.41, 5.74) is 1.19. The number of imide groups is 1. The average Bonchev–Trinajstić information content (AvgIpc) is 2.47. The number of carbonyl (C=O) groups excluding carboxylic acids is 2. The van der Waals surface area contributed by atoms with Gasteiger partial charge in [0.25, 0.3) is 21.9 Å². The van der Waals surface area contributed by atoms with Gasteiger partial charge in [0.15, 0.2) is 0 Å². The van der Waals surface area contributed by atoms with Crippen LogP contribution < -0.4 is 0 Å². The van der Waals surface area contributed by atoms with Gasteiger partial charge >= 0.3 is 0 Å². The summed E-state index contributed by atoms with van der Waals surface area (Å²) in [5.74, 6) is -1.62. The highest BCUT2D eigenvalue weighted by Gasteiger charge is 2.36. The molecule has 112 valence electrons. The molecule has 6 nitrogen and oxygen atoms in total. The molecule has 0 aliphatic carbocycles. The van der Waals surface area contributed by atoms with Crippen molar-refractivity contribution in [1.82, 2.24) is 5.06 Å². The zero-order chi connectivity index (χ0) is 16.1. The normalized spacial score (nSPS) is 14.5. The lowest BCUT2D eigenvalue weighted by molar-refractivity contribution is -0.0149. The van der Waals surface area contributed by atoms with E-state index in [1.54, 1.807) is 24.3 Å². The number of amides is 2. The third-order valence-electron chi connectivity index (χ3n) is 3.33. The minimum atomic E-state index is -4.01. The topological polar surface area (TPSA) is 80.8 Å². The van der Waals surface area contributed by atoms with E-state index in [9.17, 15) is 18.0 Å². The van der Waals surface area contributed by atoms with Crippen molar-refractivity contribution < 1.29 is 22.3 Å². The highest BCUT2D eigenvalue weighted by molar-refractivity contribution is 7.85. The maximum absolute atomic E-state index is 12.4. The second-order valence-electron chi connectivity index (χ2n) is 4.82. The third kappa shape index (κ3) is 2.11. The fourth-order valence-electron chi connectivity index (χ4n) is 2.48. The van der Waals surface area contributed by atoms with E-state index in [1.165, 1.54) is 12.1 Å². The number of carbonyl (C=O) groups is 2. The van der Waals surface area contributed by atoms with Gasteiger partial charge < -0.3 is 0 Å². The molecule has 0 aromatic heterocycles. The lowest BCUT2D eigenvalue weighted by Gasteiger charge is -2.25.